The number of carbonyl (C=O) groups is 1. The second-order valence-electron chi connectivity index (χ2n) is 5.37. The molecule has 27 heavy (non-hydrogen) atoms. The van der Waals surface area contributed by atoms with E-state index in [4.69, 9.17) is 4.74 Å². The smallest absolute Gasteiger partial charge is 0.275 e. The average Bonchev–Trinajstić information content (AvgIpc) is 3.17. The minimum atomic E-state index is -0.424. The highest BCUT2D eigenvalue weighted by Crippen LogP contribution is 2.19. The van der Waals surface area contributed by atoms with Gasteiger partial charge in [0.05, 0.1) is 19.0 Å². The first-order valence-electron chi connectivity index (χ1n) is 7.93. The molecule has 4 aromatic heterocycles. The van der Waals surface area contributed by atoms with E-state index in [1.807, 2.05) is 12.1 Å². The third-order valence-corrected chi connectivity index (χ3v) is 3.73. The third-order valence-electron chi connectivity index (χ3n) is 3.73. The van der Waals surface area contributed by atoms with Gasteiger partial charge >= 0.3 is 0 Å². The van der Waals surface area contributed by atoms with Crippen LogP contribution in [0.4, 0.5) is 5.95 Å². The molecule has 134 valence electrons. The summed E-state index contributed by atoms with van der Waals surface area (Å²) in [5.41, 5.74) is 7.53. The highest BCUT2D eigenvalue weighted by molar-refractivity contribution is 6.00. The molecule has 4 rings (SSSR count). The molecule has 0 atom stereocenters. The zero-order valence-electron chi connectivity index (χ0n) is 14.2. The maximum Gasteiger partial charge on any atom is 0.275 e. The largest absolute Gasteiger partial charge is 0.481 e. The van der Waals surface area contributed by atoms with Gasteiger partial charge in [0.25, 0.3) is 5.91 Å². The van der Waals surface area contributed by atoms with E-state index in [9.17, 15) is 4.79 Å². The number of methoxy groups -OCH3 is 1. The lowest BCUT2D eigenvalue weighted by Crippen LogP contribution is -2.30. The van der Waals surface area contributed by atoms with Crippen LogP contribution >= 0.6 is 0 Å². The first-order valence-corrected chi connectivity index (χ1v) is 7.93. The van der Waals surface area contributed by atoms with Gasteiger partial charge in [0.2, 0.25) is 11.8 Å². The van der Waals surface area contributed by atoms with Crippen molar-refractivity contribution in [1.82, 2.24) is 35.0 Å². The van der Waals surface area contributed by atoms with Gasteiger partial charge in [0.1, 0.15) is 5.56 Å². The number of nitrogens with one attached hydrogen (secondary N) is 2. The van der Waals surface area contributed by atoms with Crippen LogP contribution in [0, 0.1) is 0 Å². The summed E-state index contributed by atoms with van der Waals surface area (Å²) in [4.78, 5) is 29.0. The summed E-state index contributed by atoms with van der Waals surface area (Å²) in [6, 6.07) is 7.14. The van der Waals surface area contributed by atoms with Gasteiger partial charge in [-0.25, -0.2) is 14.5 Å². The van der Waals surface area contributed by atoms with Gasteiger partial charge in [-0.1, -0.05) is 0 Å². The SMILES string of the molecule is COc1ccnc(NNC(=O)c2cnn3c(-c4cccnc4)ccnc23)n1. The second kappa shape index (κ2) is 7.04. The monoisotopic (exact) mass is 362 g/mol. The summed E-state index contributed by atoms with van der Waals surface area (Å²) in [5, 5.41) is 4.28. The summed E-state index contributed by atoms with van der Waals surface area (Å²) < 4.78 is 6.61. The second-order valence-corrected chi connectivity index (χ2v) is 5.37. The third kappa shape index (κ3) is 3.23. The molecule has 0 bridgehead atoms. The van der Waals surface area contributed by atoms with Gasteiger partial charge in [-0.3, -0.25) is 20.6 Å². The Morgan fingerprint density at radius 2 is 2.00 bits per heavy atom. The lowest BCUT2D eigenvalue weighted by molar-refractivity contribution is 0.0963. The molecule has 2 N–H and O–H groups in total. The van der Waals surface area contributed by atoms with Crippen LogP contribution < -0.4 is 15.6 Å². The summed E-state index contributed by atoms with van der Waals surface area (Å²) >= 11 is 0. The fourth-order valence-corrected chi connectivity index (χ4v) is 2.48. The molecule has 0 aromatic carbocycles. The summed E-state index contributed by atoms with van der Waals surface area (Å²) in [5.74, 6) is 0.149. The number of hydrogen-bond acceptors (Lipinski definition) is 8. The zero-order valence-corrected chi connectivity index (χ0v) is 14.2. The molecule has 4 aromatic rings. The van der Waals surface area contributed by atoms with E-state index < -0.39 is 5.91 Å². The number of amides is 1. The summed E-state index contributed by atoms with van der Waals surface area (Å²) in [6.07, 6.45) is 7.99. The minimum absolute atomic E-state index is 0.197. The van der Waals surface area contributed by atoms with E-state index >= 15 is 0 Å². The Morgan fingerprint density at radius 3 is 2.81 bits per heavy atom. The Balaban J connectivity index is 1.59. The van der Waals surface area contributed by atoms with Gasteiger partial charge in [-0.2, -0.15) is 10.1 Å². The molecule has 4 heterocycles. The molecule has 1 amide bonds. The highest BCUT2D eigenvalue weighted by Gasteiger charge is 2.16. The van der Waals surface area contributed by atoms with Crippen LogP contribution in [0.15, 0.2) is 55.2 Å². The van der Waals surface area contributed by atoms with Crippen LogP contribution in [-0.4, -0.2) is 42.6 Å². The van der Waals surface area contributed by atoms with E-state index in [2.05, 4.69) is 35.9 Å². The molecule has 0 saturated heterocycles. The van der Waals surface area contributed by atoms with Crippen molar-refractivity contribution in [3.63, 3.8) is 0 Å². The number of anilines is 1. The summed E-state index contributed by atoms with van der Waals surface area (Å²) in [6.45, 7) is 0. The van der Waals surface area contributed by atoms with E-state index in [1.165, 1.54) is 19.5 Å². The quantitative estimate of drug-likeness (QED) is 0.511. The Kier molecular flexibility index (Phi) is 4.27. The Morgan fingerprint density at radius 1 is 1.11 bits per heavy atom. The maximum absolute atomic E-state index is 12.5. The number of ether oxygens (including phenoxy) is 1. The number of carbonyl (C=O) groups excluding carboxylic acids is 1. The molecular formula is C17H14N8O2. The fourth-order valence-electron chi connectivity index (χ4n) is 2.48. The normalized spacial score (nSPS) is 10.6. The van der Waals surface area contributed by atoms with Crippen LogP contribution in [0.1, 0.15) is 10.4 Å². The van der Waals surface area contributed by atoms with E-state index in [-0.39, 0.29) is 5.95 Å². The van der Waals surface area contributed by atoms with Gasteiger partial charge in [0.15, 0.2) is 5.65 Å². The highest BCUT2D eigenvalue weighted by atomic mass is 16.5. The Bertz CT molecular complexity index is 1100. The van der Waals surface area contributed by atoms with Crippen LogP contribution in [0.2, 0.25) is 0 Å². The number of aromatic nitrogens is 6. The van der Waals surface area contributed by atoms with Crippen LogP contribution in [-0.2, 0) is 0 Å². The molecule has 0 radical (unpaired) electrons. The molecule has 10 heteroatoms. The lowest BCUT2D eigenvalue weighted by atomic mass is 10.2. The molecule has 0 fully saturated rings. The van der Waals surface area contributed by atoms with Crippen LogP contribution in [0.5, 0.6) is 5.88 Å². The van der Waals surface area contributed by atoms with E-state index in [0.717, 1.165) is 11.3 Å². The predicted molar refractivity (Wildman–Crippen MR) is 95.9 cm³/mol. The van der Waals surface area contributed by atoms with Crippen molar-refractivity contribution in [1.29, 1.82) is 0 Å². The van der Waals surface area contributed by atoms with Crippen molar-refractivity contribution < 1.29 is 9.53 Å². The predicted octanol–water partition coefficient (Wildman–Crippen LogP) is 1.35. The van der Waals surface area contributed by atoms with E-state index in [1.54, 1.807) is 35.2 Å². The topological polar surface area (TPSA) is 119 Å². The van der Waals surface area contributed by atoms with Crippen LogP contribution in [0.25, 0.3) is 16.9 Å². The number of hydrazine groups is 1. The maximum atomic E-state index is 12.5. The lowest BCUT2D eigenvalue weighted by Gasteiger charge is -2.07. The molecule has 0 saturated carbocycles. The number of rotatable bonds is 5. The van der Waals surface area contributed by atoms with Gasteiger partial charge < -0.3 is 4.74 Å². The molecule has 0 unspecified atom stereocenters. The van der Waals surface area contributed by atoms with Crippen LogP contribution in [0.3, 0.4) is 0 Å². The molecule has 0 spiro atoms. The Hall–Kier alpha value is -4.08. The first kappa shape index (κ1) is 16.4. The molecule has 10 nitrogen and oxygen atoms in total. The average molecular weight is 362 g/mol. The molecule has 0 aliphatic rings. The molecule has 0 aliphatic heterocycles. The van der Waals surface area contributed by atoms with Crippen molar-refractivity contribution in [3.05, 3.63) is 60.8 Å². The van der Waals surface area contributed by atoms with Crippen molar-refractivity contribution in [2.45, 2.75) is 0 Å². The van der Waals surface area contributed by atoms with Gasteiger partial charge in [-0.05, 0) is 18.2 Å². The molecule has 0 aliphatic carbocycles. The van der Waals surface area contributed by atoms with E-state index in [0.29, 0.717) is 17.1 Å². The minimum Gasteiger partial charge on any atom is -0.481 e. The zero-order chi connectivity index (χ0) is 18.6. The van der Waals surface area contributed by atoms with Crippen molar-refractivity contribution >= 4 is 17.5 Å². The van der Waals surface area contributed by atoms with Crippen molar-refractivity contribution in [2.24, 2.45) is 0 Å². The number of pyridine rings is 1. The van der Waals surface area contributed by atoms with Gasteiger partial charge in [-0.15, -0.1) is 0 Å². The summed E-state index contributed by atoms with van der Waals surface area (Å²) in [7, 11) is 1.50. The van der Waals surface area contributed by atoms with Crippen molar-refractivity contribution in [2.75, 3.05) is 12.5 Å². The number of nitrogens with zero attached hydrogens (tertiary/aromatic N) is 6. The molecular weight excluding hydrogens is 348 g/mol. The Labute approximate surface area is 153 Å². The number of fused-ring (bicyclic) bond motifs is 1. The number of hydrogen-bond donors (Lipinski definition) is 2. The fraction of sp³-hybridized carbons (Fsp3) is 0.0588. The first-order chi connectivity index (χ1) is 13.3. The van der Waals surface area contributed by atoms with Crippen molar-refractivity contribution in [3.8, 4) is 17.1 Å². The van der Waals surface area contributed by atoms with Gasteiger partial charge in [0, 0.05) is 36.4 Å². The standard InChI is InChI=1S/C17H14N8O2/c1-27-14-5-8-20-17(22-14)24-23-16(26)12-10-21-25-13(4-7-19-15(12)25)11-3-2-6-18-9-11/h2-10H,1H3,(H,23,26)(H,20,22,24).